The predicted octanol–water partition coefficient (Wildman–Crippen LogP) is 0.783. The number of ether oxygens (including phenoxy) is 1. The van der Waals surface area contributed by atoms with E-state index in [4.69, 9.17) is 9.84 Å². The second-order valence-electron chi connectivity index (χ2n) is 7.25. The molecular weight excluding hydrogens is 339 g/mol. The van der Waals surface area contributed by atoms with Crippen LogP contribution in [0.15, 0.2) is 42.5 Å². The molecule has 0 saturated carbocycles. The maximum atomic E-state index is 9.38. The SMILES string of the molecule is Bc1ccc2[nH]c3c(c2c1)CCNC3c1ccc(OCC[C@H](O)CO)cc1. The summed E-state index contributed by atoms with van der Waals surface area (Å²) < 4.78 is 5.65. The van der Waals surface area contributed by atoms with Crippen LogP contribution in [0.4, 0.5) is 0 Å². The Kier molecular flexibility index (Phi) is 5.21. The Morgan fingerprint density at radius 2 is 2.00 bits per heavy atom. The van der Waals surface area contributed by atoms with Gasteiger partial charge in [-0.25, -0.2) is 0 Å². The van der Waals surface area contributed by atoms with Gasteiger partial charge in [-0.3, -0.25) is 0 Å². The number of aliphatic hydroxyl groups excluding tert-OH is 2. The number of aromatic nitrogens is 1. The number of rotatable bonds is 6. The van der Waals surface area contributed by atoms with Gasteiger partial charge < -0.3 is 25.3 Å². The van der Waals surface area contributed by atoms with Gasteiger partial charge in [0, 0.05) is 29.6 Å². The molecule has 4 rings (SSSR count). The number of H-pyrrole nitrogens is 1. The van der Waals surface area contributed by atoms with Crippen molar-refractivity contribution in [2.24, 2.45) is 0 Å². The zero-order valence-corrected chi connectivity index (χ0v) is 15.5. The van der Waals surface area contributed by atoms with Gasteiger partial charge in [0.05, 0.1) is 25.4 Å². The van der Waals surface area contributed by atoms with Crippen molar-refractivity contribution in [3.05, 3.63) is 59.3 Å². The fourth-order valence-corrected chi connectivity index (χ4v) is 3.79. The maximum Gasteiger partial charge on any atom is 0.139 e. The third-order valence-corrected chi connectivity index (χ3v) is 5.25. The molecule has 0 aliphatic carbocycles. The van der Waals surface area contributed by atoms with E-state index < -0.39 is 6.10 Å². The normalized spacial score (nSPS) is 17.6. The van der Waals surface area contributed by atoms with Gasteiger partial charge in [0.15, 0.2) is 0 Å². The molecule has 27 heavy (non-hydrogen) atoms. The Bertz CT molecular complexity index is 923. The largest absolute Gasteiger partial charge is 0.493 e. The summed E-state index contributed by atoms with van der Waals surface area (Å²) in [6.07, 6.45) is 0.726. The zero-order chi connectivity index (χ0) is 18.8. The summed E-state index contributed by atoms with van der Waals surface area (Å²) in [5.74, 6) is 0.771. The Morgan fingerprint density at radius 1 is 1.19 bits per heavy atom. The first-order valence-electron chi connectivity index (χ1n) is 9.52. The Labute approximate surface area is 159 Å². The van der Waals surface area contributed by atoms with Crippen LogP contribution in [0.2, 0.25) is 0 Å². The summed E-state index contributed by atoms with van der Waals surface area (Å²) in [7, 11) is 2.13. The first-order valence-corrected chi connectivity index (χ1v) is 9.52. The van der Waals surface area contributed by atoms with Crippen molar-refractivity contribution in [1.82, 2.24) is 10.3 Å². The maximum absolute atomic E-state index is 9.38. The molecule has 0 amide bonds. The van der Waals surface area contributed by atoms with Crippen molar-refractivity contribution in [3.63, 3.8) is 0 Å². The highest BCUT2D eigenvalue weighted by Gasteiger charge is 2.25. The minimum absolute atomic E-state index is 0.145. The van der Waals surface area contributed by atoms with Gasteiger partial charge in [0.2, 0.25) is 0 Å². The highest BCUT2D eigenvalue weighted by molar-refractivity contribution is 6.33. The van der Waals surface area contributed by atoms with Crippen LogP contribution < -0.4 is 15.5 Å². The molecule has 2 heterocycles. The molecule has 2 aromatic carbocycles. The molecule has 0 radical (unpaired) electrons. The van der Waals surface area contributed by atoms with Crippen molar-refractivity contribution in [3.8, 4) is 5.75 Å². The summed E-state index contributed by atoms with van der Waals surface area (Å²) in [6, 6.07) is 14.8. The van der Waals surface area contributed by atoms with E-state index in [0.29, 0.717) is 13.0 Å². The van der Waals surface area contributed by atoms with Crippen molar-refractivity contribution >= 4 is 24.2 Å². The number of aromatic amines is 1. The molecule has 140 valence electrons. The monoisotopic (exact) mass is 364 g/mol. The molecule has 0 fully saturated rings. The second kappa shape index (κ2) is 7.76. The van der Waals surface area contributed by atoms with Gasteiger partial charge in [-0.15, -0.1) is 0 Å². The molecule has 1 aromatic heterocycles. The molecule has 0 bridgehead atoms. The van der Waals surface area contributed by atoms with E-state index in [-0.39, 0.29) is 12.6 Å². The van der Waals surface area contributed by atoms with E-state index in [1.54, 1.807) is 0 Å². The lowest BCUT2D eigenvalue weighted by atomic mass is 9.91. The molecule has 6 heteroatoms. The van der Waals surface area contributed by atoms with Gasteiger partial charge in [-0.1, -0.05) is 29.7 Å². The van der Waals surface area contributed by atoms with Crippen LogP contribution in [-0.2, 0) is 6.42 Å². The third-order valence-electron chi connectivity index (χ3n) is 5.25. The number of fused-ring (bicyclic) bond motifs is 3. The number of benzene rings is 2. The first-order chi connectivity index (χ1) is 13.2. The number of hydrogen-bond acceptors (Lipinski definition) is 4. The van der Waals surface area contributed by atoms with Crippen molar-refractivity contribution in [2.75, 3.05) is 19.8 Å². The van der Waals surface area contributed by atoms with E-state index in [9.17, 15) is 5.11 Å². The fraction of sp³-hybridized carbons (Fsp3) is 0.333. The first kappa shape index (κ1) is 18.1. The van der Waals surface area contributed by atoms with Crippen LogP contribution in [0.3, 0.4) is 0 Å². The van der Waals surface area contributed by atoms with Crippen molar-refractivity contribution in [2.45, 2.75) is 25.0 Å². The van der Waals surface area contributed by atoms with Crippen molar-refractivity contribution < 1.29 is 14.9 Å². The second-order valence-corrected chi connectivity index (χ2v) is 7.25. The van der Waals surface area contributed by atoms with E-state index >= 15 is 0 Å². The lowest BCUT2D eigenvalue weighted by Crippen LogP contribution is -2.30. The molecule has 5 nitrogen and oxygen atoms in total. The standard InChI is InChI=1S/C21H25BN2O3/c22-14-3-6-19-18(11-14)17-7-9-23-20(21(17)24-19)13-1-4-16(5-2-13)27-10-8-15(26)12-25/h1-6,11,15,20,23-26H,7-10,12,22H2/t15-,20?/m0/s1. The molecule has 1 aliphatic rings. The van der Waals surface area contributed by atoms with E-state index in [1.165, 1.54) is 33.2 Å². The van der Waals surface area contributed by atoms with Gasteiger partial charge in [-0.2, -0.15) is 0 Å². The van der Waals surface area contributed by atoms with E-state index in [2.05, 4.69) is 48.5 Å². The summed E-state index contributed by atoms with van der Waals surface area (Å²) in [5, 5.41) is 23.2. The Balaban J connectivity index is 1.54. The van der Waals surface area contributed by atoms with Crippen LogP contribution in [0.25, 0.3) is 10.9 Å². The number of hydrogen-bond donors (Lipinski definition) is 4. The molecule has 0 saturated heterocycles. The summed E-state index contributed by atoms with van der Waals surface area (Å²) >= 11 is 0. The van der Waals surface area contributed by atoms with Gasteiger partial charge in [0.25, 0.3) is 0 Å². The fourth-order valence-electron chi connectivity index (χ4n) is 3.79. The lowest BCUT2D eigenvalue weighted by molar-refractivity contribution is 0.0754. The van der Waals surface area contributed by atoms with E-state index in [1.807, 2.05) is 12.1 Å². The van der Waals surface area contributed by atoms with Crippen LogP contribution in [0.5, 0.6) is 5.75 Å². The minimum Gasteiger partial charge on any atom is -0.493 e. The topological polar surface area (TPSA) is 77.5 Å². The lowest BCUT2D eigenvalue weighted by Gasteiger charge is -2.25. The van der Waals surface area contributed by atoms with Crippen molar-refractivity contribution in [1.29, 1.82) is 0 Å². The highest BCUT2D eigenvalue weighted by atomic mass is 16.5. The number of aliphatic hydroxyl groups is 2. The summed E-state index contributed by atoms with van der Waals surface area (Å²) in [5.41, 5.74) is 6.34. The molecule has 1 unspecified atom stereocenters. The average molecular weight is 364 g/mol. The third kappa shape index (κ3) is 3.74. The van der Waals surface area contributed by atoms with Crippen LogP contribution in [0, 0.1) is 0 Å². The Hall–Kier alpha value is -2.28. The zero-order valence-electron chi connectivity index (χ0n) is 15.5. The van der Waals surface area contributed by atoms with Crippen LogP contribution in [-0.4, -0.2) is 48.9 Å². The average Bonchev–Trinajstić information content (AvgIpc) is 3.06. The van der Waals surface area contributed by atoms with Gasteiger partial charge in [0.1, 0.15) is 13.6 Å². The smallest absolute Gasteiger partial charge is 0.139 e. The summed E-state index contributed by atoms with van der Waals surface area (Å²) in [6.45, 7) is 1.10. The quantitative estimate of drug-likeness (QED) is 0.488. The molecule has 1 aliphatic heterocycles. The molecule has 4 N–H and O–H groups in total. The molecule has 2 atom stereocenters. The minimum atomic E-state index is -0.722. The summed E-state index contributed by atoms with van der Waals surface area (Å²) in [4.78, 5) is 3.61. The van der Waals surface area contributed by atoms with Gasteiger partial charge >= 0.3 is 0 Å². The highest BCUT2D eigenvalue weighted by Crippen LogP contribution is 2.33. The van der Waals surface area contributed by atoms with Gasteiger partial charge in [-0.05, 0) is 35.7 Å². The van der Waals surface area contributed by atoms with Crippen LogP contribution in [0.1, 0.15) is 29.3 Å². The predicted molar refractivity (Wildman–Crippen MR) is 110 cm³/mol. The molecule has 0 spiro atoms. The molecular formula is C21H25BN2O3. The molecule has 3 aromatic rings. The Morgan fingerprint density at radius 3 is 2.78 bits per heavy atom. The van der Waals surface area contributed by atoms with E-state index in [0.717, 1.165) is 18.7 Å². The number of nitrogens with one attached hydrogen (secondary N) is 2. The van der Waals surface area contributed by atoms with Crippen LogP contribution >= 0.6 is 0 Å².